The van der Waals surface area contributed by atoms with Crippen LogP contribution in [-0.2, 0) is 19.6 Å². The molecule has 1 saturated carbocycles. The molecular weight excluding hydrogens is 406 g/mol. The van der Waals surface area contributed by atoms with E-state index in [1.54, 1.807) is 24.9 Å². The normalized spacial score (nSPS) is 30.1. The molecule has 1 aliphatic carbocycles. The first-order valence-corrected chi connectivity index (χ1v) is 12.4. The molecule has 1 N–H and O–H groups in total. The monoisotopic (exact) mass is 437 g/mol. The van der Waals surface area contributed by atoms with Crippen LogP contribution in [0.4, 0.5) is 0 Å². The Hall–Kier alpha value is -1.71. The molecule has 0 radical (unpaired) electrons. The molecule has 0 spiro atoms. The Morgan fingerprint density at radius 3 is 2.70 bits per heavy atom. The summed E-state index contributed by atoms with van der Waals surface area (Å²) in [5.41, 5.74) is 1.06. The lowest BCUT2D eigenvalue weighted by Gasteiger charge is -2.32. The summed E-state index contributed by atoms with van der Waals surface area (Å²) in [6, 6.07) is 3.25. The lowest BCUT2D eigenvalue weighted by atomic mass is 9.83. The Balaban J connectivity index is 1.57. The Labute approximate surface area is 178 Å². The minimum Gasteiger partial charge on any atom is -0.467 e. The van der Waals surface area contributed by atoms with E-state index in [9.17, 15) is 13.2 Å². The van der Waals surface area contributed by atoms with Crippen molar-refractivity contribution >= 4 is 15.9 Å². The zero-order valence-corrected chi connectivity index (χ0v) is 18.4. The maximum atomic E-state index is 13.0. The van der Waals surface area contributed by atoms with Gasteiger partial charge in [-0.15, -0.1) is 0 Å². The summed E-state index contributed by atoms with van der Waals surface area (Å²) in [5, 5.41) is -0.529. The predicted octanol–water partition coefficient (Wildman–Crippen LogP) is 1.81. The molecule has 3 aliphatic heterocycles. The number of carbonyl (C=O) groups is 1. The summed E-state index contributed by atoms with van der Waals surface area (Å²) < 4.78 is 39.8. The van der Waals surface area contributed by atoms with E-state index in [0.29, 0.717) is 31.4 Å². The number of pyridine rings is 1. The molecule has 166 valence electrons. The van der Waals surface area contributed by atoms with Crippen LogP contribution in [0.5, 0.6) is 5.88 Å². The minimum absolute atomic E-state index is 0.111. The van der Waals surface area contributed by atoms with Crippen molar-refractivity contribution in [2.75, 3.05) is 19.8 Å². The lowest BCUT2D eigenvalue weighted by molar-refractivity contribution is -0.136. The predicted molar refractivity (Wildman–Crippen MR) is 112 cm³/mol. The highest BCUT2D eigenvalue weighted by atomic mass is 32.2. The first-order chi connectivity index (χ1) is 14.3. The summed E-state index contributed by atoms with van der Waals surface area (Å²) in [4.78, 5) is 19.1. The molecule has 4 aliphatic rings. The van der Waals surface area contributed by atoms with Gasteiger partial charge in [-0.05, 0) is 57.9 Å². The van der Waals surface area contributed by atoms with Crippen LogP contribution < -0.4 is 9.46 Å². The van der Waals surface area contributed by atoms with Crippen LogP contribution in [0.1, 0.15) is 57.4 Å². The summed E-state index contributed by atoms with van der Waals surface area (Å²) in [6.45, 7) is 4.00. The molecule has 0 unspecified atom stereocenters. The number of hydrogen-bond acceptors (Lipinski definition) is 6. The number of ether oxygens (including phenoxy) is 2. The summed E-state index contributed by atoms with van der Waals surface area (Å²) in [5.74, 6) is 0.718. The minimum atomic E-state index is -3.44. The molecule has 1 aromatic heterocycles. The fourth-order valence-electron chi connectivity index (χ4n) is 4.68. The van der Waals surface area contributed by atoms with E-state index in [0.717, 1.165) is 31.2 Å². The van der Waals surface area contributed by atoms with Gasteiger partial charge < -0.3 is 14.4 Å². The number of hydrogen-bond donors (Lipinski definition) is 1. The maximum Gasteiger partial charge on any atom is 0.260 e. The Kier molecular flexibility index (Phi) is 6.31. The van der Waals surface area contributed by atoms with Crippen molar-refractivity contribution in [3.63, 3.8) is 0 Å². The smallest absolute Gasteiger partial charge is 0.260 e. The number of sulfonamides is 1. The molecule has 1 saturated heterocycles. The van der Waals surface area contributed by atoms with Crippen LogP contribution in [0.25, 0.3) is 0 Å². The van der Waals surface area contributed by atoms with Gasteiger partial charge in [0.1, 0.15) is 0 Å². The van der Waals surface area contributed by atoms with Crippen LogP contribution in [0, 0.1) is 0 Å². The third-order valence-corrected chi connectivity index (χ3v) is 8.42. The number of fused-ring (bicyclic) bond motifs is 5. The van der Waals surface area contributed by atoms with Crippen molar-refractivity contribution in [2.24, 2.45) is 0 Å². The van der Waals surface area contributed by atoms with Gasteiger partial charge in [-0.1, -0.05) is 6.07 Å². The van der Waals surface area contributed by atoms with Crippen LogP contribution in [0.2, 0.25) is 0 Å². The van der Waals surface area contributed by atoms with Gasteiger partial charge in [-0.2, -0.15) is 0 Å². The molecule has 2 atom stereocenters. The SMILES string of the molecule is CC(C)S(=O)(=O)N[C@H]1CCN2C(=O)COc3ncccc3C3CCC(CC3)OC[C@@H]12. The fourth-order valence-corrected chi connectivity index (χ4v) is 5.65. The van der Waals surface area contributed by atoms with Gasteiger partial charge in [-0.25, -0.2) is 18.1 Å². The highest BCUT2D eigenvalue weighted by Crippen LogP contribution is 2.38. The van der Waals surface area contributed by atoms with E-state index in [1.165, 1.54) is 0 Å². The van der Waals surface area contributed by atoms with E-state index in [1.807, 2.05) is 12.1 Å². The van der Waals surface area contributed by atoms with Gasteiger partial charge in [0.15, 0.2) is 6.61 Å². The van der Waals surface area contributed by atoms with Gasteiger partial charge in [-0.3, -0.25) is 4.79 Å². The molecule has 2 bridgehead atoms. The van der Waals surface area contributed by atoms with E-state index in [-0.39, 0.29) is 30.7 Å². The highest BCUT2D eigenvalue weighted by molar-refractivity contribution is 7.90. The van der Waals surface area contributed by atoms with Gasteiger partial charge in [0, 0.05) is 24.3 Å². The zero-order chi connectivity index (χ0) is 21.3. The molecule has 30 heavy (non-hydrogen) atoms. The van der Waals surface area contributed by atoms with E-state index in [2.05, 4.69) is 9.71 Å². The number of nitrogens with one attached hydrogen (secondary N) is 1. The highest BCUT2D eigenvalue weighted by Gasteiger charge is 2.40. The summed E-state index contributed by atoms with van der Waals surface area (Å²) in [7, 11) is -3.44. The Morgan fingerprint density at radius 2 is 1.97 bits per heavy atom. The third kappa shape index (κ3) is 4.48. The molecule has 2 fully saturated rings. The molecular formula is C21H31N3O5S. The van der Waals surface area contributed by atoms with Crippen LogP contribution in [-0.4, -0.2) is 67.4 Å². The second-order valence-electron chi connectivity index (χ2n) is 8.75. The van der Waals surface area contributed by atoms with Gasteiger partial charge in [0.25, 0.3) is 5.91 Å². The van der Waals surface area contributed by atoms with Crippen LogP contribution in [0.3, 0.4) is 0 Å². The lowest BCUT2D eigenvalue weighted by Crippen LogP contribution is -2.51. The van der Waals surface area contributed by atoms with E-state index < -0.39 is 15.3 Å². The quantitative estimate of drug-likeness (QED) is 0.775. The molecule has 8 nitrogen and oxygen atoms in total. The summed E-state index contributed by atoms with van der Waals surface area (Å²) in [6.07, 6.45) is 6.21. The molecule has 1 aromatic rings. The van der Waals surface area contributed by atoms with Crippen LogP contribution in [0.15, 0.2) is 18.3 Å². The van der Waals surface area contributed by atoms with E-state index in [4.69, 9.17) is 9.47 Å². The second-order valence-corrected chi connectivity index (χ2v) is 11.0. The Bertz CT molecular complexity index is 867. The van der Waals surface area contributed by atoms with Gasteiger partial charge in [0.2, 0.25) is 15.9 Å². The number of carbonyl (C=O) groups excluding carboxylic acids is 1. The zero-order valence-electron chi connectivity index (χ0n) is 17.6. The average Bonchev–Trinajstić information content (AvgIpc) is 3.12. The number of aromatic nitrogens is 1. The summed E-state index contributed by atoms with van der Waals surface area (Å²) >= 11 is 0. The number of amides is 1. The number of rotatable bonds is 3. The largest absolute Gasteiger partial charge is 0.467 e. The molecule has 5 rings (SSSR count). The molecule has 0 aromatic carbocycles. The second kappa shape index (κ2) is 8.80. The third-order valence-electron chi connectivity index (χ3n) is 6.55. The van der Waals surface area contributed by atoms with Gasteiger partial charge in [0.05, 0.1) is 24.0 Å². The Morgan fingerprint density at radius 1 is 1.20 bits per heavy atom. The topological polar surface area (TPSA) is 97.8 Å². The first-order valence-electron chi connectivity index (χ1n) is 10.8. The first kappa shape index (κ1) is 21.5. The molecule has 1 amide bonds. The van der Waals surface area contributed by atoms with Crippen LogP contribution >= 0.6 is 0 Å². The molecule has 9 heteroatoms. The van der Waals surface area contributed by atoms with Crippen molar-refractivity contribution in [3.05, 3.63) is 23.9 Å². The maximum absolute atomic E-state index is 13.0. The van der Waals surface area contributed by atoms with Crippen molar-refractivity contribution in [2.45, 2.75) is 75.3 Å². The fraction of sp³-hybridized carbons (Fsp3) is 0.714. The number of nitrogens with zero attached hydrogens (tertiary/aromatic N) is 2. The molecule has 4 heterocycles. The average molecular weight is 438 g/mol. The van der Waals surface area contributed by atoms with E-state index >= 15 is 0 Å². The van der Waals surface area contributed by atoms with Crippen molar-refractivity contribution in [1.29, 1.82) is 0 Å². The van der Waals surface area contributed by atoms with Crippen molar-refractivity contribution in [3.8, 4) is 5.88 Å². The van der Waals surface area contributed by atoms with Crippen molar-refractivity contribution in [1.82, 2.24) is 14.6 Å². The van der Waals surface area contributed by atoms with Gasteiger partial charge >= 0.3 is 0 Å². The standard InChI is InChI=1S/C21H31N3O5S/c1-14(2)30(26,27)23-18-9-11-24-19(18)12-28-16-7-5-15(6-8-16)17-4-3-10-22-21(17)29-13-20(24)25/h3-4,10,14-16,18-19,23H,5-9,11-13H2,1-2H3/t15?,16?,18-,19-/m0/s1. The van der Waals surface area contributed by atoms with Crippen molar-refractivity contribution < 1.29 is 22.7 Å².